The SMILES string of the molecule is COc1ccc(OCC(=O)NCCCc2ccccc2)cc1. The van der Waals surface area contributed by atoms with Crippen LogP contribution in [-0.4, -0.2) is 26.2 Å². The minimum absolute atomic E-state index is 0.0255. The summed E-state index contributed by atoms with van der Waals surface area (Å²) < 4.78 is 10.5. The van der Waals surface area contributed by atoms with Gasteiger partial charge in [0.2, 0.25) is 0 Å². The van der Waals surface area contributed by atoms with Crippen molar-refractivity contribution < 1.29 is 14.3 Å². The van der Waals surface area contributed by atoms with Crippen LogP contribution in [0, 0.1) is 0 Å². The fraction of sp³-hybridized carbons (Fsp3) is 0.278. The molecule has 0 aromatic heterocycles. The van der Waals surface area contributed by atoms with Crippen molar-refractivity contribution in [3.63, 3.8) is 0 Å². The molecule has 2 aromatic carbocycles. The number of aryl methyl sites for hydroxylation is 1. The Kier molecular flexibility index (Phi) is 6.30. The first-order valence-electron chi connectivity index (χ1n) is 7.35. The molecule has 0 saturated carbocycles. The normalized spacial score (nSPS) is 10.0. The van der Waals surface area contributed by atoms with Crippen LogP contribution in [0.25, 0.3) is 0 Å². The van der Waals surface area contributed by atoms with Crippen LogP contribution in [0.1, 0.15) is 12.0 Å². The molecule has 116 valence electrons. The topological polar surface area (TPSA) is 47.6 Å². The molecule has 22 heavy (non-hydrogen) atoms. The minimum atomic E-state index is -0.108. The monoisotopic (exact) mass is 299 g/mol. The number of hydrogen-bond acceptors (Lipinski definition) is 3. The van der Waals surface area contributed by atoms with Crippen LogP contribution in [0.2, 0.25) is 0 Å². The van der Waals surface area contributed by atoms with E-state index >= 15 is 0 Å². The molecule has 1 amide bonds. The van der Waals surface area contributed by atoms with Gasteiger partial charge in [-0.25, -0.2) is 0 Å². The second kappa shape index (κ2) is 8.72. The van der Waals surface area contributed by atoms with E-state index in [0.717, 1.165) is 18.6 Å². The van der Waals surface area contributed by atoms with Crippen LogP contribution in [0.4, 0.5) is 0 Å². The van der Waals surface area contributed by atoms with E-state index in [1.165, 1.54) is 5.56 Å². The second-order valence-electron chi connectivity index (χ2n) is 4.90. The number of amides is 1. The molecule has 0 radical (unpaired) electrons. The molecule has 0 aliphatic rings. The van der Waals surface area contributed by atoms with Crippen molar-refractivity contribution in [1.82, 2.24) is 5.32 Å². The molecule has 4 nitrogen and oxygen atoms in total. The summed E-state index contributed by atoms with van der Waals surface area (Å²) in [7, 11) is 1.61. The van der Waals surface area contributed by atoms with Gasteiger partial charge in [-0.3, -0.25) is 4.79 Å². The van der Waals surface area contributed by atoms with Gasteiger partial charge in [-0.2, -0.15) is 0 Å². The van der Waals surface area contributed by atoms with Gasteiger partial charge in [-0.1, -0.05) is 30.3 Å². The van der Waals surface area contributed by atoms with Crippen LogP contribution < -0.4 is 14.8 Å². The van der Waals surface area contributed by atoms with Crippen molar-refractivity contribution >= 4 is 5.91 Å². The molecular weight excluding hydrogens is 278 g/mol. The molecule has 4 heteroatoms. The minimum Gasteiger partial charge on any atom is -0.497 e. The van der Waals surface area contributed by atoms with E-state index in [9.17, 15) is 4.79 Å². The average Bonchev–Trinajstić information content (AvgIpc) is 2.58. The van der Waals surface area contributed by atoms with Gasteiger partial charge in [0.05, 0.1) is 7.11 Å². The van der Waals surface area contributed by atoms with Gasteiger partial charge in [-0.05, 0) is 42.7 Å². The van der Waals surface area contributed by atoms with Crippen molar-refractivity contribution in [2.45, 2.75) is 12.8 Å². The first-order valence-corrected chi connectivity index (χ1v) is 7.35. The maximum atomic E-state index is 11.7. The number of nitrogens with one attached hydrogen (secondary N) is 1. The molecule has 0 fully saturated rings. The lowest BCUT2D eigenvalue weighted by atomic mass is 10.1. The Labute approximate surface area is 131 Å². The maximum Gasteiger partial charge on any atom is 0.257 e. The highest BCUT2D eigenvalue weighted by molar-refractivity contribution is 5.77. The summed E-state index contributed by atoms with van der Waals surface area (Å²) in [5.74, 6) is 1.31. The third kappa shape index (κ3) is 5.48. The summed E-state index contributed by atoms with van der Waals surface area (Å²) in [6.45, 7) is 0.678. The van der Waals surface area contributed by atoms with E-state index in [1.54, 1.807) is 31.4 Å². The Morgan fingerprint density at radius 1 is 1.00 bits per heavy atom. The molecule has 0 aliphatic carbocycles. The molecule has 2 rings (SSSR count). The number of rotatable bonds is 8. The molecule has 0 bridgehead atoms. The number of carbonyl (C=O) groups is 1. The highest BCUT2D eigenvalue weighted by Gasteiger charge is 2.02. The predicted octanol–water partition coefficient (Wildman–Crippen LogP) is 2.82. The standard InChI is InChI=1S/C18H21NO3/c1-21-16-9-11-17(12-10-16)22-14-18(20)19-13-5-8-15-6-3-2-4-7-15/h2-4,6-7,9-12H,5,8,13-14H2,1H3,(H,19,20). The molecule has 0 heterocycles. The van der Waals surface area contributed by atoms with Crippen molar-refractivity contribution in [1.29, 1.82) is 0 Å². The predicted molar refractivity (Wildman–Crippen MR) is 86.3 cm³/mol. The Morgan fingerprint density at radius 2 is 1.68 bits per heavy atom. The van der Waals surface area contributed by atoms with Crippen molar-refractivity contribution in [2.75, 3.05) is 20.3 Å². The summed E-state index contributed by atoms with van der Waals surface area (Å²) in [5, 5.41) is 2.86. The average molecular weight is 299 g/mol. The van der Waals surface area contributed by atoms with Crippen molar-refractivity contribution in [3.05, 3.63) is 60.2 Å². The summed E-state index contributed by atoms with van der Waals surface area (Å²) in [4.78, 5) is 11.7. The Balaban J connectivity index is 1.61. The number of carbonyl (C=O) groups excluding carboxylic acids is 1. The van der Waals surface area contributed by atoms with Crippen molar-refractivity contribution in [3.8, 4) is 11.5 Å². The zero-order valence-corrected chi connectivity index (χ0v) is 12.7. The first-order chi connectivity index (χ1) is 10.8. The summed E-state index contributed by atoms with van der Waals surface area (Å²) in [5.41, 5.74) is 1.28. The molecule has 0 unspecified atom stereocenters. The van der Waals surface area contributed by atoms with Crippen LogP contribution in [0.3, 0.4) is 0 Å². The number of hydrogen-bond donors (Lipinski definition) is 1. The highest BCUT2D eigenvalue weighted by Crippen LogP contribution is 2.16. The zero-order valence-electron chi connectivity index (χ0n) is 12.7. The number of benzene rings is 2. The summed E-state index contributed by atoms with van der Waals surface area (Å²) >= 11 is 0. The van der Waals surface area contributed by atoms with Crippen LogP contribution in [0.5, 0.6) is 11.5 Å². The molecule has 0 aliphatic heterocycles. The lowest BCUT2D eigenvalue weighted by Crippen LogP contribution is -2.29. The van der Waals surface area contributed by atoms with E-state index < -0.39 is 0 Å². The first kappa shape index (κ1) is 15.9. The quantitative estimate of drug-likeness (QED) is 0.763. The van der Waals surface area contributed by atoms with E-state index in [0.29, 0.717) is 12.3 Å². The number of methoxy groups -OCH3 is 1. The van der Waals surface area contributed by atoms with Crippen molar-refractivity contribution in [2.24, 2.45) is 0 Å². The van der Waals surface area contributed by atoms with Gasteiger partial charge in [0.25, 0.3) is 5.91 Å². The highest BCUT2D eigenvalue weighted by atomic mass is 16.5. The molecule has 0 spiro atoms. The van der Waals surface area contributed by atoms with Gasteiger partial charge in [0, 0.05) is 6.54 Å². The van der Waals surface area contributed by atoms with Crippen LogP contribution in [-0.2, 0) is 11.2 Å². The van der Waals surface area contributed by atoms with E-state index in [1.807, 2.05) is 18.2 Å². The summed E-state index contributed by atoms with van der Waals surface area (Å²) in [6, 6.07) is 17.4. The van der Waals surface area contributed by atoms with Gasteiger partial charge in [0.1, 0.15) is 11.5 Å². The molecule has 2 aromatic rings. The van der Waals surface area contributed by atoms with Gasteiger partial charge in [-0.15, -0.1) is 0 Å². The second-order valence-corrected chi connectivity index (χ2v) is 4.90. The zero-order chi connectivity index (χ0) is 15.6. The summed E-state index contributed by atoms with van der Waals surface area (Å²) in [6.07, 6.45) is 1.87. The third-order valence-electron chi connectivity index (χ3n) is 3.24. The fourth-order valence-corrected chi connectivity index (χ4v) is 2.04. The van der Waals surface area contributed by atoms with Crippen LogP contribution in [0.15, 0.2) is 54.6 Å². The Morgan fingerprint density at radius 3 is 2.36 bits per heavy atom. The molecule has 0 saturated heterocycles. The number of ether oxygens (including phenoxy) is 2. The van der Waals surface area contributed by atoms with Gasteiger partial charge in [0.15, 0.2) is 6.61 Å². The lowest BCUT2D eigenvalue weighted by Gasteiger charge is -2.08. The Bertz CT molecular complexity index is 567. The lowest BCUT2D eigenvalue weighted by molar-refractivity contribution is -0.123. The fourth-order valence-electron chi connectivity index (χ4n) is 2.04. The molecular formula is C18H21NO3. The van der Waals surface area contributed by atoms with Gasteiger partial charge < -0.3 is 14.8 Å². The molecule has 1 N–H and O–H groups in total. The largest absolute Gasteiger partial charge is 0.497 e. The Hall–Kier alpha value is -2.49. The van der Waals surface area contributed by atoms with E-state index in [4.69, 9.17) is 9.47 Å². The van der Waals surface area contributed by atoms with E-state index in [2.05, 4.69) is 17.4 Å². The van der Waals surface area contributed by atoms with Crippen LogP contribution >= 0.6 is 0 Å². The smallest absolute Gasteiger partial charge is 0.257 e. The van der Waals surface area contributed by atoms with E-state index in [-0.39, 0.29) is 12.5 Å². The third-order valence-corrected chi connectivity index (χ3v) is 3.24. The molecule has 0 atom stereocenters. The van der Waals surface area contributed by atoms with Gasteiger partial charge >= 0.3 is 0 Å². The maximum absolute atomic E-state index is 11.7.